The number of nitrogens with one attached hydrogen (secondary N) is 2. The van der Waals surface area contributed by atoms with Crippen molar-refractivity contribution in [1.82, 2.24) is 5.32 Å². The zero-order valence-electron chi connectivity index (χ0n) is 10.6. The first kappa shape index (κ1) is 12.8. The van der Waals surface area contributed by atoms with E-state index >= 15 is 0 Å². The van der Waals surface area contributed by atoms with Crippen molar-refractivity contribution in [3.8, 4) is 0 Å². The van der Waals surface area contributed by atoms with E-state index in [1.54, 1.807) is 0 Å². The van der Waals surface area contributed by atoms with Crippen LogP contribution in [0.5, 0.6) is 0 Å². The maximum absolute atomic E-state index is 11.6. The van der Waals surface area contributed by atoms with Crippen LogP contribution in [0, 0.1) is 5.92 Å². The highest BCUT2D eigenvalue weighted by Crippen LogP contribution is 2.28. The molecule has 0 radical (unpaired) electrons. The molecule has 0 unspecified atom stereocenters. The van der Waals surface area contributed by atoms with Crippen LogP contribution >= 0.6 is 12.2 Å². The SMILES string of the molecule is CC(C)CNC(=S)N1CC(=O)Nc2ccccc21. The van der Waals surface area contributed by atoms with Gasteiger partial charge in [0, 0.05) is 6.54 Å². The lowest BCUT2D eigenvalue weighted by Crippen LogP contribution is -2.47. The van der Waals surface area contributed by atoms with Crippen LogP contribution < -0.4 is 15.5 Å². The van der Waals surface area contributed by atoms with Crippen LogP contribution in [0.3, 0.4) is 0 Å². The number of fused-ring (bicyclic) bond motifs is 1. The van der Waals surface area contributed by atoms with Crippen LogP contribution in [-0.4, -0.2) is 24.1 Å². The normalized spacial score (nSPS) is 14.2. The van der Waals surface area contributed by atoms with E-state index in [0.717, 1.165) is 17.9 Å². The minimum absolute atomic E-state index is 0.0394. The van der Waals surface area contributed by atoms with E-state index in [1.807, 2.05) is 29.2 Å². The number of carbonyl (C=O) groups excluding carboxylic acids is 1. The first-order chi connectivity index (χ1) is 8.58. The van der Waals surface area contributed by atoms with Crippen molar-refractivity contribution in [2.24, 2.45) is 5.92 Å². The number of anilines is 2. The van der Waals surface area contributed by atoms with E-state index in [1.165, 1.54) is 0 Å². The standard InChI is InChI=1S/C13H17N3OS/c1-9(2)7-14-13(18)16-8-12(17)15-10-5-3-4-6-11(10)16/h3-6,9H,7-8H2,1-2H3,(H,14,18)(H,15,17). The summed E-state index contributed by atoms with van der Waals surface area (Å²) < 4.78 is 0. The highest BCUT2D eigenvalue weighted by Gasteiger charge is 2.24. The van der Waals surface area contributed by atoms with Crippen LogP contribution in [0.4, 0.5) is 11.4 Å². The predicted octanol–water partition coefficient (Wildman–Crippen LogP) is 1.98. The van der Waals surface area contributed by atoms with E-state index in [4.69, 9.17) is 12.2 Å². The minimum atomic E-state index is -0.0394. The third-order valence-corrected chi connectivity index (χ3v) is 3.04. The van der Waals surface area contributed by atoms with Crippen molar-refractivity contribution >= 4 is 34.6 Å². The van der Waals surface area contributed by atoms with Gasteiger partial charge in [-0.05, 0) is 30.3 Å². The van der Waals surface area contributed by atoms with Gasteiger partial charge in [-0.25, -0.2) is 0 Å². The Kier molecular flexibility index (Phi) is 3.81. The van der Waals surface area contributed by atoms with Crippen molar-refractivity contribution in [3.63, 3.8) is 0 Å². The molecule has 0 saturated carbocycles. The van der Waals surface area contributed by atoms with Gasteiger partial charge in [0.2, 0.25) is 5.91 Å². The molecule has 0 saturated heterocycles. The van der Waals surface area contributed by atoms with E-state index < -0.39 is 0 Å². The fourth-order valence-electron chi connectivity index (χ4n) is 1.80. The summed E-state index contributed by atoms with van der Waals surface area (Å²) in [5.41, 5.74) is 1.75. The predicted molar refractivity (Wildman–Crippen MR) is 77.9 cm³/mol. The average molecular weight is 263 g/mol. The summed E-state index contributed by atoms with van der Waals surface area (Å²) in [6, 6.07) is 7.67. The Morgan fingerprint density at radius 1 is 1.50 bits per heavy atom. The van der Waals surface area contributed by atoms with Crippen molar-refractivity contribution in [2.75, 3.05) is 23.3 Å². The van der Waals surface area contributed by atoms with Crippen LogP contribution in [0.15, 0.2) is 24.3 Å². The maximum atomic E-state index is 11.6. The minimum Gasteiger partial charge on any atom is -0.362 e. The van der Waals surface area contributed by atoms with Crippen molar-refractivity contribution in [2.45, 2.75) is 13.8 Å². The Hall–Kier alpha value is -1.62. The summed E-state index contributed by atoms with van der Waals surface area (Å²) in [4.78, 5) is 13.5. The van der Waals surface area contributed by atoms with Crippen LogP contribution in [0.25, 0.3) is 0 Å². The molecule has 0 spiro atoms. The largest absolute Gasteiger partial charge is 0.362 e. The topological polar surface area (TPSA) is 44.4 Å². The zero-order valence-corrected chi connectivity index (χ0v) is 11.4. The lowest BCUT2D eigenvalue weighted by atomic mass is 10.2. The first-order valence-corrected chi connectivity index (χ1v) is 6.43. The molecule has 18 heavy (non-hydrogen) atoms. The lowest BCUT2D eigenvalue weighted by molar-refractivity contribution is -0.115. The number of thiocarbonyl (C=S) groups is 1. The van der Waals surface area contributed by atoms with Gasteiger partial charge < -0.3 is 15.5 Å². The van der Waals surface area contributed by atoms with Crippen molar-refractivity contribution in [1.29, 1.82) is 0 Å². The second-order valence-corrected chi connectivity index (χ2v) is 5.12. The molecule has 1 amide bonds. The molecule has 0 bridgehead atoms. The molecule has 96 valence electrons. The Labute approximate surface area is 112 Å². The molecule has 5 heteroatoms. The molecule has 4 nitrogen and oxygen atoms in total. The molecule has 2 N–H and O–H groups in total. The summed E-state index contributed by atoms with van der Waals surface area (Å²) in [6.07, 6.45) is 0. The van der Waals surface area contributed by atoms with Gasteiger partial charge in [0.25, 0.3) is 0 Å². The number of hydrogen-bond acceptors (Lipinski definition) is 2. The summed E-state index contributed by atoms with van der Waals surface area (Å²) >= 11 is 5.36. The third kappa shape index (κ3) is 2.79. The maximum Gasteiger partial charge on any atom is 0.244 e. The van der Waals surface area contributed by atoms with Gasteiger partial charge in [-0.3, -0.25) is 4.79 Å². The Morgan fingerprint density at radius 2 is 2.22 bits per heavy atom. The van der Waals surface area contributed by atoms with E-state index in [0.29, 0.717) is 11.0 Å². The molecule has 1 aromatic carbocycles. The van der Waals surface area contributed by atoms with Gasteiger partial charge in [-0.15, -0.1) is 0 Å². The number of amides is 1. The summed E-state index contributed by atoms with van der Waals surface area (Å²) in [5, 5.41) is 6.63. The number of carbonyl (C=O) groups is 1. The van der Waals surface area contributed by atoms with Crippen LogP contribution in [0.1, 0.15) is 13.8 Å². The van der Waals surface area contributed by atoms with Gasteiger partial charge in [-0.2, -0.15) is 0 Å². The van der Waals surface area contributed by atoms with Crippen molar-refractivity contribution in [3.05, 3.63) is 24.3 Å². The molecule has 1 aromatic rings. The third-order valence-electron chi connectivity index (χ3n) is 2.68. The molecule has 1 aliphatic rings. The molecule has 0 aliphatic carbocycles. The summed E-state index contributed by atoms with van der Waals surface area (Å²) in [7, 11) is 0. The molecule has 0 atom stereocenters. The quantitative estimate of drug-likeness (QED) is 0.801. The smallest absolute Gasteiger partial charge is 0.244 e. The van der Waals surface area contributed by atoms with Gasteiger partial charge in [0.05, 0.1) is 11.4 Å². The number of nitrogens with zero attached hydrogens (tertiary/aromatic N) is 1. The first-order valence-electron chi connectivity index (χ1n) is 6.02. The summed E-state index contributed by atoms with van der Waals surface area (Å²) in [5.74, 6) is 0.471. The Balaban J connectivity index is 2.18. The van der Waals surface area contributed by atoms with Gasteiger partial charge in [0.1, 0.15) is 6.54 Å². The molecule has 1 heterocycles. The number of para-hydroxylation sites is 2. The second-order valence-electron chi connectivity index (χ2n) is 4.73. The van der Waals surface area contributed by atoms with E-state index in [9.17, 15) is 4.79 Å². The van der Waals surface area contributed by atoms with Crippen LogP contribution in [-0.2, 0) is 4.79 Å². The second kappa shape index (κ2) is 5.35. The van der Waals surface area contributed by atoms with E-state index in [2.05, 4.69) is 24.5 Å². The molecule has 1 aliphatic heterocycles. The molecular formula is C13H17N3OS. The molecule has 2 rings (SSSR count). The summed E-state index contributed by atoms with van der Waals surface area (Å²) in [6.45, 7) is 5.30. The van der Waals surface area contributed by atoms with Crippen molar-refractivity contribution < 1.29 is 4.79 Å². The fourth-order valence-corrected chi connectivity index (χ4v) is 2.05. The molecule has 0 fully saturated rings. The van der Waals surface area contributed by atoms with Gasteiger partial charge in [0.15, 0.2) is 5.11 Å². The van der Waals surface area contributed by atoms with Gasteiger partial charge in [-0.1, -0.05) is 26.0 Å². The molecular weight excluding hydrogens is 246 g/mol. The Morgan fingerprint density at radius 3 is 2.94 bits per heavy atom. The average Bonchev–Trinajstić information content (AvgIpc) is 2.34. The number of benzene rings is 1. The highest BCUT2D eigenvalue weighted by molar-refractivity contribution is 7.80. The number of rotatable bonds is 2. The fraction of sp³-hybridized carbons (Fsp3) is 0.385. The highest BCUT2D eigenvalue weighted by atomic mass is 32.1. The Bertz CT molecular complexity index is 473. The monoisotopic (exact) mass is 263 g/mol. The number of hydrogen-bond donors (Lipinski definition) is 2. The zero-order chi connectivity index (χ0) is 13.1. The molecule has 0 aromatic heterocycles. The van der Waals surface area contributed by atoms with Crippen LogP contribution in [0.2, 0.25) is 0 Å². The van der Waals surface area contributed by atoms with E-state index in [-0.39, 0.29) is 12.5 Å². The lowest BCUT2D eigenvalue weighted by Gasteiger charge is -2.31. The van der Waals surface area contributed by atoms with Gasteiger partial charge >= 0.3 is 0 Å².